The molecular formula is C15H23NO2. The topological polar surface area (TPSA) is 63.3 Å². The molecule has 0 aliphatic rings. The summed E-state index contributed by atoms with van der Waals surface area (Å²) in [5.41, 5.74) is 7.16. The first kappa shape index (κ1) is 14.7. The average Bonchev–Trinajstić information content (AvgIpc) is 2.36. The fraction of sp³-hybridized carbons (Fsp3) is 0.533. The van der Waals surface area contributed by atoms with Crippen molar-refractivity contribution >= 4 is 5.97 Å². The molecule has 3 nitrogen and oxygen atoms in total. The zero-order chi connectivity index (χ0) is 13.8. The summed E-state index contributed by atoms with van der Waals surface area (Å²) in [7, 11) is 0. The van der Waals surface area contributed by atoms with Crippen molar-refractivity contribution in [3.63, 3.8) is 0 Å². The molecule has 0 fully saturated rings. The lowest BCUT2D eigenvalue weighted by Crippen LogP contribution is -2.45. The Hall–Kier alpha value is -1.35. The largest absolute Gasteiger partial charge is 0.481 e. The predicted octanol–water partition coefficient (Wildman–Crippen LogP) is 2.48. The summed E-state index contributed by atoms with van der Waals surface area (Å²) < 4.78 is 0. The molecule has 1 aromatic rings. The number of rotatable bonds is 6. The van der Waals surface area contributed by atoms with Crippen LogP contribution in [0.4, 0.5) is 0 Å². The second-order valence-electron chi connectivity index (χ2n) is 5.17. The highest BCUT2D eigenvalue weighted by Crippen LogP contribution is 2.31. The van der Waals surface area contributed by atoms with Crippen LogP contribution in [0.1, 0.15) is 31.9 Å². The third kappa shape index (κ3) is 2.91. The van der Waals surface area contributed by atoms with Gasteiger partial charge in [0.1, 0.15) is 0 Å². The molecular weight excluding hydrogens is 226 g/mol. The number of benzene rings is 1. The molecule has 1 unspecified atom stereocenters. The molecule has 1 aromatic carbocycles. The van der Waals surface area contributed by atoms with Gasteiger partial charge in [-0.05, 0) is 29.9 Å². The maximum Gasteiger partial charge on any atom is 0.311 e. The molecule has 0 radical (unpaired) electrons. The highest BCUT2D eigenvalue weighted by Gasteiger charge is 2.40. The van der Waals surface area contributed by atoms with Gasteiger partial charge >= 0.3 is 5.97 Å². The molecule has 0 aromatic heterocycles. The Morgan fingerprint density at radius 3 is 2.11 bits per heavy atom. The van der Waals surface area contributed by atoms with Crippen LogP contribution in [0, 0.1) is 11.3 Å². The van der Waals surface area contributed by atoms with Gasteiger partial charge in [0.25, 0.3) is 0 Å². The smallest absolute Gasteiger partial charge is 0.311 e. The molecule has 3 heteroatoms. The molecule has 0 saturated carbocycles. The lowest BCUT2D eigenvalue weighted by atomic mass is 9.72. The fourth-order valence-electron chi connectivity index (χ4n) is 2.18. The second kappa shape index (κ2) is 6.01. The predicted molar refractivity (Wildman–Crippen MR) is 73.5 cm³/mol. The van der Waals surface area contributed by atoms with E-state index >= 15 is 0 Å². The van der Waals surface area contributed by atoms with Crippen LogP contribution in [0.3, 0.4) is 0 Å². The highest BCUT2D eigenvalue weighted by atomic mass is 16.4. The molecule has 1 rings (SSSR count). The van der Waals surface area contributed by atoms with E-state index in [9.17, 15) is 9.90 Å². The van der Waals surface area contributed by atoms with Crippen LogP contribution in [0.15, 0.2) is 24.3 Å². The van der Waals surface area contributed by atoms with Gasteiger partial charge in [-0.2, -0.15) is 0 Å². The summed E-state index contributed by atoms with van der Waals surface area (Å²) in [4.78, 5) is 11.5. The first-order valence-corrected chi connectivity index (χ1v) is 6.47. The number of carboxylic acid groups (broad SMARTS) is 1. The van der Waals surface area contributed by atoms with Crippen molar-refractivity contribution in [2.24, 2.45) is 17.1 Å². The van der Waals surface area contributed by atoms with Crippen LogP contribution < -0.4 is 5.73 Å². The minimum absolute atomic E-state index is 0.00542. The van der Waals surface area contributed by atoms with Crippen LogP contribution in [0.2, 0.25) is 0 Å². The summed E-state index contributed by atoms with van der Waals surface area (Å²) in [5.74, 6) is -0.801. The van der Waals surface area contributed by atoms with Crippen molar-refractivity contribution < 1.29 is 9.90 Å². The van der Waals surface area contributed by atoms with E-state index in [0.717, 1.165) is 12.0 Å². The Kier molecular flexibility index (Phi) is 4.91. The molecule has 0 amide bonds. The van der Waals surface area contributed by atoms with Crippen LogP contribution in [0.25, 0.3) is 0 Å². The van der Waals surface area contributed by atoms with E-state index in [-0.39, 0.29) is 12.5 Å². The Bertz CT molecular complexity index is 397. The van der Waals surface area contributed by atoms with Crippen molar-refractivity contribution in [3.8, 4) is 0 Å². The Balaban J connectivity index is 2.99. The van der Waals surface area contributed by atoms with E-state index in [1.165, 1.54) is 5.56 Å². The maximum atomic E-state index is 11.5. The van der Waals surface area contributed by atoms with Crippen LogP contribution in [0.5, 0.6) is 0 Å². The fourth-order valence-corrected chi connectivity index (χ4v) is 2.18. The molecule has 0 spiro atoms. The number of hydrogen-bond donors (Lipinski definition) is 2. The van der Waals surface area contributed by atoms with E-state index in [4.69, 9.17) is 5.73 Å². The molecule has 1 atom stereocenters. The highest BCUT2D eigenvalue weighted by molar-refractivity contribution is 5.75. The van der Waals surface area contributed by atoms with Crippen molar-refractivity contribution in [1.29, 1.82) is 0 Å². The van der Waals surface area contributed by atoms with E-state index in [1.54, 1.807) is 0 Å². The SMILES string of the molecule is CCc1ccc(CC(CN)(C(=O)O)C(C)C)cc1. The summed E-state index contributed by atoms with van der Waals surface area (Å²) >= 11 is 0. The van der Waals surface area contributed by atoms with Gasteiger partial charge in [0.2, 0.25) is 0 Å². The molecule has 0 bridgehead atoms. The molecule has 0 saturated heterocycles. The van der Waals surface area contributed by atoms with Gasteiger partial charge in [0, 0.05) is 6.54 Å². The Morgan fingerprint density at radius 2 is 1.78 bits per heavy atom. The van der Waals surface area contributed by atoms with Gasteiger partial charge in [0.15, 0.2) is 0 Å². The normalized spacial score (nSPS) is 14.5. The Labute approximate surface area is 109 Å². The minimum atomic E-state index is -0.867. The van der Waals surface area contributed by atoms with Crippen molar-refractivity contribution in [1.82, 2.24) is 0 Å². The van der Waals surface area contributed by atoms with Gasteiger partial charge in [-0.25, -0.2) is 0 Å². The van der Waals surface area contributed by atoms with Crippen LogP contribution in [-0.2, 0) is 17.6 Å². The number of nitrogens with two attached hydrogens (primary N) is 1. The molecule has 18 heavy (non-hydrogen) atoms. The first-order chi connectivity index (χ1) is 8.46. The summed E-state index contributed by atoms with van der Waals surface area (Å²) in [5, 5.41) is 9.48. The molecule has 0 aliphatic heterocycles. The molecule has 3 N–H and O–H groups in total. The third-order valence-electron chi connectivity index (χ3n) is 3.85. The van der Waals surface area contributed by atoms with Gasteiger partial charge in [-0.15, -0.1) is 0 Å². The number of carbonyl (C=O) groups is 1. The standard InChI is InChI=1S/C15H23NO2/c1-4-12-5-7-13(8-6-12)9-15(10-16,11(2)3)14(17)18/h5-8,11H,4,9-10,16H2,1-3H3,(H,17,18). The van der Waals surface area contributed by atoms with Gasteiger partial charge < -0.3 is 10.8 Å². The van der Waals surface area contributed by atoms with Crippen LogP contribution in [-0.4, -0.2) is 17.6 Å². The molecule has 0 heterocycles. The van der Waals surface area contributed by atoms with Gasteiger partial charge in [-0.3, -0.25) is 4.79 Å². The molecule has 0 aliphatic carbocycles. The van der Waals surface area contributed by atoms with Crippen molar-refractivity contribution in [2.75, 3.05) is 6.54 Å². The van der Waals surface area contributed by atoms with Gasteiger partial charge in [0.05, 0.1) is 5.41 Å². The van der Waals surface area contributed by atoms with E-state index < -0.39 is 11.4 Å². The number of carboxylic acids is 1. The first-order valence-electron chi connectivity index (χ1n) is 6.47. The summed E-state index contributed by atoms with van der Waals surface area (Å²) in [6, 6.07) is 8.13. The third-order valence-corrected chi connectivity index (χ3v) is 3.85. The average molecular weight is 249 g/mol. The number of aryl methyl sites for hydroxylation is 1. The van der Waals surface area contributed by atoms with Crippen LogP contribution >= 0.6 is 0 Å². The Morgan fingerprint density at radius 1 is 1.28 bits per heavy atom. The maximum absolute atomic E-state index is 11.5. The molecule has 100 valence electrons. The second-order valence-corrected chi connectivity index (χ2v) is 5.17. The van der Waals surface area contributed by atoms with Gasteiger partial charge in [-0.1, -0.05) is 45.0 Å². The van der Waals surface area contributed by atoms with E-state index in [1.807, 2.05) is 26.0 Å². The number of aliphatic carboxylic acids is 1. The van der Waals surface area contributed by atoms with Crippen molar-refractivity contribution in [3.05, 3.63) is 35.4 Å². The minimum Gasteiger partial charge on any atom is -0.481 e. The zero-order valence-corrected chi connectivity index (χ0v) is 11.4. The summed E-state index contributed by atoms with van der Waals surface area (Å²) in [6.07, 6.45) is 1.48. The zero-order valence-electron chi connectivity index (χ0n) is 11.4. The van der Waals surface area contributed by atoms with Crippen molar-refractivity contribution in [2.45, 2.75) is 33.6 Å². The number of hydrogen-bond acceptors (Lipinski definition) is 2. The lowest BCUT2D eigenvalue weighted by molar-refractivity contribution is -0.151. The quantitative estimate of drug-likeness (QED) is 0.814. The van der Waals surface area contributed by atoms with E-state index in [0.29, 0.717) is 6.42 Å². The summed E-state index contributed by atoms with van der Waals surface area (Å²) in [6.45, 7) is 6.10. The lowest BCUT2D eigenvalue weighted by Gasteiger charge is -2.32. The monoisotopic (exact) mass is 249 g/mol. The van der Waals surface area contributed by atoms with E-state index in [2.05, 4.69) is 19.1 Å².